The van der Waals surface area contributed by atoms with Crippen LogP contribution in [0.2, 0.25) is 0 Å². The summed E-state index contributed by atoms with van der Waals surface area (Å²) in [7, 11) is 1.72. The third kappa shape index (κ3) is 4.93. The third-order valence-electron chi connectivity index (χ3n) is 3.32. The lowest BCUT2D eigenvalue weighted by atomic mass is 10.1. The number of benzene rings is 1. The maximum absolute atomic E-state index is 13.7. The molecule has 0 saturated heterocycles. The van der Waals surface area contributed by atoms with Crippen molar-refractivity contribution in [2.75, 3.05) is 13.6 Å². The molecule has 4 heteroatoms. The molecule has 0 aromatic heterocycles. The van der Waals surface area contributed by atoms with Crippen molar-refractivity contribution in [1.82, 2.24) is 10.2 Å². The van der Waals surface area contributed by atoms with Gasteiger partial charge in [-0.05, 0) is 33.8 Å². The van der Waals surface area contributed by atoms with Gasteiger partial charge >= 0.3 is 0 Å². The standard InChI is InChI=1S/C16H25FN2O/c1-12(13-8-6-7-9-14(13)17)19(5)15(20)10-11-18-16(2,3)4/h6-9,12,18H,10-11H2,1-5H3. The molecule has 3 nitrogen and oxygen atoms in total. The number of nitrogens with zero attached hydrogens (tertiary/aromatic N) is 1. The second-order valence-corrected chi connectivity index (χ2v) is 6.13. The predicted octanol–water partition coefficient (Wildman–Crippen LogP) is 3.12. The van der Waals surface area contributed by atoms with Crippen LogP contribution in [0.3, 0.4) is 0 Å². The Morgan fingerprint density at radius 2 is 1.95 bits per heavy atom. The van der Waals surface area contributed by atoms with Crippen molar-refractivity contribution in [3.05, 3.63) is 35.6 Å². The number of hydrogen-bond donors (Lipinski definition) is 1. The average molecular weight is 280 g/mol. The Morgan fingerprint density at radius 3 is 2.50 bits per heavy atom. The summed E-state index contributed by atoms with van der Waals surface area (Å²) in [6.07, 6.45) is 0.409. The van der Waals surface area contributed by atoms with Crippen molar-refractivity contribution in [1.29, 1.82) is 0 Å². The second-order valence-electron chi connectivity index (χ2n) is 6.13. The van der Waals surface area contributed by atoms with E-state index in [1.807, 2.05) is 6.92 Å². The molecule has 1 rings (SSSR count). The lowest BCUT2D eigenvalue weighted by molar-refractivity contribution is -0.131. The molecule has 1 aromatic rings. The molecule has 1 atom stereocenters. The number of hydrogen-bond acceptors (Lipinski definition) is 2. The number of halogens is 1. The zero-order valence-electron chi connectivity index (χ0n) is 13.0. The van der Waals surface area contributed by atoms with Crippen LogP contribution in [0.5, 0.6) is 0 Å². The van der Waals surface area contributed by atoms with E-state index in [0.717, 1.165) is 0 Å². The summed E-state index contributed by atoms with van der Waals surface area (Å²) >= 11 is 0. The van der Waals surface area contributed by atoms with Gasteiger partial charge in [0.1, 0.15) is 5.82 Å². The van der Waals surface area contributed by atoms with Crippen molar-refractivity contribution in [3.8, 4) is 0 Å². The molecule has 112 valence electrons. The van der Waals surface area contributed by atoms with Gasteiger partial charge in [0, 0.05) is 31.1 Å². The molecule has 0 spiro atoms. The Kier molecular flexibility index (Phi) is 5.69. The van der Waals surface area contributed by atoms with Crippen LogP contribution in [0, 0.1) is 5.82 Å². The number of amides is 1. The smallest absolute Gasteiger partial charge is 0.224 e. The van der Waals surface area contributed by atoms with Crippen molar-refractivity contribution in [3.63, 3.8) is 0 Å². The van der Waals surface area contributed by atoms with Gasteiger partial charge in [0.15, 0.2) is 0 Å². The molecule has 0 aliphatic carbocycles. The zero-order valence-corrected chi connectivity index (χ0v) is 13.0. The van der Waals surface area contributed by atoms with E-state index in [1.165, 1.54) is 6.07 Å². The quantitative estimate of drug-likeness (QED) is 0.898. The summed E-state index contributed by atoms with van der Waals surface area (Å²) in [6.45, 7) is 8.64. The van der Waals surface area contributed by atoms with Gasteiger partial charge in [-0.2, -0.15) is 0 Å². The molecule has 0 radical (unpaired) electrons. The van der Waals surface area contributed by atoms with E-state index >= 15 is 0 Å². The molecular formula is C16H25FN2O. The lowest BCUT2D eigenvalue weighted by Crippen LogP contribution is -2.39. The van der Waals surface area contributed by atoms with Crippen LogP contribution in [-0.2, 0) is 4.79 Å². The van der Waals surface area contributed by atoms with Crippen molar-refractivity contribution in [2.45, 2.75) is 45.7 Å². The van der Waals surface area contributed by atoms with E-state index in [0.29, 0.717) is 18.5 Å². The molecule has 0 aliphatic heterocycles. The molecule has 1 amide bonds. The highest BCUT2D eigenvalue weighted by atomic mass is 19.1. The minimum absolute atomic E-state index is 0.00396. The average Bonchev–Trinajstić information content (AvgIpc) is 2.36. The molecule has 1 aromatic carbocycles. The summed E-state index contributed by atoms with van der Waals surface area (Å²) < 4.78 is 13.7. The number of carbonyl (C=O) groups excluding carboxylic acids is 1. The molecule has 0 heterocycles. The first-order valence-electron chi connectivity index (χ1n) is 6.97. The summed E-state index contributed by atoms with van der Waals surface area (Å²) in [4.78, 5) is 13.7. The van der Waals surface area contributed by atoms with Crippen LogP contribution in [0.25, 0.3) is 0 Å². The van der Waals surface area contributed by atoms with Gasteiger partial charge in [-0.1, -0.05) is 18.2 Å². The van der Waals surface area contributed by atoms with Crippen molar-refractivity contribution >= 4 is 5.91 Å². The van der Waals surface area contributed by atoms with E-state index in [2.05, 4.69) is 26.1 Å². The van der Waals surface area contributed by atoms with Crippen molar-refractivity contribution in [2.24, 2.45) is 0 Å². The van der Waals surface area contributed by atoms with E-state index in [9.17, 15) is 9.18 Å². The fraction of sp³-hybridized carbons (Fsp3) is 0.562. The fourth-order valence-corrected chi connectivity index (χ4v) is 1.96. The topological polar surface area (TPSA) is 32.3 Å². The largest absolute Gasteiger partial charge is 0.339 e. The molecule has 0 saturated carbocycles. The molecule has 0 aliphatic rings. The zero-order chi connectivity index (χ0) is 15.3. The summed E-state index contributed by atoms with van der Waals surface area (Å²) in [5.41, 5.74) is 0.544. The first kappa shape index (κ1) is 16.6. The highest BCUT2D eigenvalue weighted by Crippen LogP contribution is 2.21. The first-order valence-corrected chi connectivity index (χ1v) is 6.97. The summed E-state index contributed by atoms with van der Waals surface area (Å²) in [6, 6.07) is 6.32. The number of carbonyl (C=O) groups is 1. The Balaban J connectivity index is 2.59. The predicted molar refractivity (Wildman–Crippen MR) is 80.0 cm³/mol. The van der Waals surface area contributed by atoms with Gasteiger partial charge in [-0.15, -0.1) is 0 Å². The molecule has 0 bridgehead atoms. The van der Waals surface area contributed by atoms with Crippen molar-refractivity contribution < 1.29 is 9.18 Å². The van der Waals surface area contributed by atoms with Gasteiger partial charge < -0.3 is 10.2 Å². The minimum Gasteiger partial charge on any atom is -0.339 e. The van der Waals surface area contributed by atoms with Crippen LogP contribution in [-0.4, -0.2) is 29.9 Å². The van der Waals surface area contributed by atoms with Gasteiger partial charge in [-0.3, -0.25) is 4.79 Å². The van der Waals surface area contributed by atoms with Crippen LogP contribution >= 0.6 is 0 Å². The summed E-state index contributed by atoms with van der Waals surface area (Å²) in [5, 5.41) is 3.28. The molecule has 1 N–H and O–H groups in total. The SMILES string of the molecule is CC(c1ccccc1F)N(C)C(=O)CCNC(C)(C)C. The van der Waals surface area contributed by atoms with Gasteiger partial charge in [0.25, 0.3) is 0 Å². The van der Waals surface area contributed by atoms with Gasteiger partial charge in [0.05, 0.1) is 6.04 Å². The Hall–Kier alpha value is -1.42. The van der Waals surface area contributed by atoms with Crippen LogP contribution in [0.4, 0.5) is 4.39 Å². The van der Waals surface area contributed by atoms with Crippen LogP contribution in [0.15, 0.2) is 24.3 Å². The van der Waals surface area contributed by atoms with Crippen LogP contribution in [0.1, 0.15) is 45.7 Å². The third-order valence-corrected chi connectivity index (χ3v) is 3.32. The summed E-state index contributed by atoms with van der Waals surface area (Å²) in [5.74, 6) is -0.259. The lowest BCUT2D eigenvalue weighted by Gasteiger charge is -2.27. The number of rotatable bonds is 5. The van der Waals surface area contributed by atoms with Crippen LogP contribution < -0.4 is 5.32 Å². The Labute approximate surface area is 121 Å². The highest BCUT2D eigenvalue weighted by Gasteiger charge is 2.20. The molecular weight excluding hydrogens is 255 g/mol. The molecule has 0 fully saturated rings. The Morgan fingerprint density at radius 1 is 1.35 bits per heavy atom. The highest BCUT2D eigenvalue weighted by molar-refractivity contribution is 5.76. The maximum Gasteiger partial charge on any atom is 0.224 e. The van der Waals surface area contributed by atoms with E-state index < -0.39 is 0 Å². The molecule has 1 unspecified atom stereocenters. The maximum atomic E-state index is 13.7. The normalized spacial score (nSPS) is 13.1. The minimum atomic E-state index is -0.271. The van der Waals surface area contributed by atoms with Gasteiger partial charge in [0.2, 0.25) is 5.91 Å². The monoisotopic (exact) mass is 280 g/mol. The van der Waals surface area contributed by atoms with Gasteiger partial charge in [-0.25, -0.2) is 4.39 Å². The van der Waals surface area contributed by atoms with E-state index in [4.69, 9.17) is 0 Å². The van der Waals surface area contributed by atoms with E-state index in [-0.39, 0.29) is 23.3 Å². The van der Waals surface area contributed by atoms with E-state index in [1.54, 1.807) is 30.1 Å². The molecule has 20 heavy (non-hydrogen) atoms. The fourth-order valence-electron chi connectivity index (χ4n) is 1.96. The Bertz CT molecular complexity index is 454. The first-order chi connectivity index (χ1) is 9.22. The number of nitrogens with one attached hydrogen (secondary N) is 1. The second kappa shape index (κ2) is 6.84.